The second kappa shape index (κ2) is 8.08. The van der Waals surface area contributed by atoms with Gasteiger partial charge >= 0.3 is 12.1 Å². The summed E-state index contributed by atoms with van der Waals surface area (Å²) in [4.78, 5) is 25.7. The van der Waals surface area contributed by atoms with Gasteiger partial charge in [-0.2, -0.15) is 0 Å². The van der Waals surface area contributed by atoms with Crippen molar-refractivity contribution < 1.29 is 24.2 Å². The van der Waals surface area contributed by atoms with Gasteiger partial charge in [-0.3, -0.25) is 10.1 Å². The van der Waals surface area contributed by atoms with E-state index in [9.17, 15) is 14.7 Å². The van der Waals surface area contributed by atoms with E-state index in [0.717, 1.165) is 24.2 Å². The van der Waals surface area contributed by atoms with E-state index in [1.165, 1.54) is 0 Å². The molecule has 0 bridgehead atoms. The highest BCUT2D eigenvalue weighted by atomic mass is 32.2. The average molecular weight is 434 g/mol. The summed E-state index contributed by atoms with van der Waals surface area (Å²) < 4.78 is 11.4. The van der Waals surface area contributed by atoms with Gasteiger partial charge in [-0.1, -0.05) is 19.9 Å². The van der Waals surface area contributed by atoms with E-state index in [0.29, 0.717) is 18.5 Å². The van der Waals surface area contributed by atoms with Crippen LogP contribution >= 0.6 is 11.8 Å². The van der Waals surface area contributed by atoms with Gasteiger partial charge in [0.1, 0.15) is 12.2 Å². The Morgan fingerprint density at radius 3 is 2.87 bits per heavy atom. The summed E-state index contributed by atoms with van der Waals surface area (Å²) in [5, 5.41) is 13.3. The SMILES string of the molecule is CSc1cccc(NC(=O)O[C@@H]2CC[C@]3(C)[C@H](CC[C@H]4OC(=O)C[C@H]43)[C@]2(C)CO)c1. The Bertz CT molecular complexity index is 832. The van der Waals surface area contributed by atoms with Crippen LogP contribution in [0.25, 0.3) is 0 Å². The number of carbonyl (C=O) groups is 2. The molecule has 1 aliphatic heterocycles. The average Bonchev–Trinajstić information content (AvgIpc) is 3.12. The lowest BCUT2D eigenvalue weighted by molar-refractivity contribution is -0.174. The lowest BCUT2D eigenvalue weighted by Gasteiger charge is -2.59. The number of fused-ring (bicyclic) bond motifs is 3. The van der Waals surface area contributed by atoms with Gasteiger partial charge in [-0.05, 0) is 61.5 Å². The third-order valence-electron chi connectivity index (χ3n) is 7.88. The number of hydrogen-bond donors (Lipinski definition) is 2. The summed E-state index contributed by atoms with van der Waals surface area (Å²) in [5.41, 5.74) is 0.0396. The molecule has 1 aromatic rings. The zero-order chi connectivity index (χ0) is 21.5. The predicted octanol–water partition coefficient (Wildman–Crippen LogP) is 4.47. The fraction of sp³-hybridized carbons (Fsp3) is 0.652. The maximum atomic E-state index is 12.7. The first-order valence-electron chi connectivity index (χ1n) is 10.7. The first kappa shape index (κ1) is 21.5. The maximum Gasteiger partial charge on any atom is 0.411 e. The monoisotopic (exact) mass is 433 g/mol. The highest BCUT2D eigenvalue weighted by molar-refractivity contribution is 7.98. The Kier molecular flexibility index (Phi) is 5.79. The number of nitrogens with one attached hydrogen (secondary N) is 1. The van der Waals surface area contributed by atoms with Crippen LogP contribution in [0.15, 0.2) is 29.2 Å². The maximum absolute atomic E-state index is 12.7. The summed E-state index contributed by atoms with van der Waals surface area (Å²) >= 11 is 1.61. The van der Waals surface area contributed by atoms with Crippen LogP contribution in [0.5, 0.6) is 0 Å². The van der Waals surface area contributed by atoms with Crippen molar-refractivity contribution in [1.82, 2.24) is 0 Å². The minimum Gasteiger partial charge on any atom is -0.462 e. The molecule has 1 heterocycles. The van der Waals surface area contributed by atoms with E-state index < -0.39 is 11.5 Å². The number of aliphatic hydroxyl groups is 1. The molecule has 4 rings (SSSR count). The number of amides is 1. The van der Waals surface area contributed by atoms with E-state index >= 15 is 0 Å². The summed E-state index contributed by atoms with van der Waals surface area (Å²) in [6, 6.07) is 7.63. The Morgan fingerprint density at radius 2 is 2.13 bits per heavy atom. The Morgan fingerprint density at radius 1 is 1.33 bits per heavy atom. The van der Waals surface area contributed by atoms with Crippen LogP contribution in [-0.4, -0.2) is 42.2 Å². The van der Waals surface area contributed by atoms with Crippen molar-refractivity contribution in [3.8, 4) is 0 Å². The molecule has 2 aliphatic carbocycles. The Labute approximate surface area is 182 Å². The van der Waals surface area contributed by atoms with Gasteiger partial charge in [0.25, 0.3) is 0 Å². The quantitative estimate of drug-likeness (QED) is 0.538. The third kappa shape index (κ3) is 3.60. The molecule has 6 atom stereocenters. The van der Waals surface area contributed by atoms with Crippen molar-refractivity contribution in [3.63, 3.8) is 0 Å². The zero-order valence-corrected chi connectivity index (χ0v) is 18.7. The molecule has 3 aliphatic rings. The molecule has 164 valence electrons. The van der Waals surface area contributed by atoms with Crippen LogP contribution in [-0.2, 0) is 14.3 Å². The van der Waals surface area contributed by atoms with Gasteiger partial charge in [0.05, 0.1) is 13.0 Å². The highest BCUT2D eigenvalue weighted by Gasteiger charge is 2.62. The van der Waals surface area contributed by atoms with Crippen molar-refractivity contribution >= 4 is 29.5 Å². The first-order chi connectivity index (χ1) is 14.3. The van der Waals surface area contributed by atoms with E-state index in [1.54, 1.807) is 11.8 Å². The number of esters is 1. The molecule has 7 heteroatoms. The largest absolute Gasteiger partial charge is 0.462 e. The molecule has 2 N–H and O–H groups in total. The van der Waals surface area contributed by atoms with Crippen molar-refractivity contribution in [3.05, 3.63) is 24.3 Å². The standard InChI is InChI=1S/C23H31NO5S/c1-22-10-9-19(29-21(27)24-14-5-4-6-15(11-14)30-3)23(2,13-25)18(22)8-7-17-16(22)12-20(26)28-17/h4-6,11,16-19,25H,7-10,12-13H2,1-3H3,(H,24,27)/t16-,17-,18+,19-,22+,23+/m1/s1. The summed E-state index contributed by atoms with van der Waals surface area (Å²) in [5.74, 6) is 0.235. The van der Waals surface area contributed by atoms with Crippen LogP contribution < -0.4 is 5.32 Å². The molecule has 6 nitrogen and oxygen atoms in total. The van der Waals surface area contributed by atoms with E-state index in [2.05, 4.69) is 12.2 Å². The summed E-state index contributed by atoms with van der Waals surface area (Å²) in [6.07, 6.45) is 4.76. The van der Waals surface area contributed by atoms with Gasteiger partial charge in [0.15, 0.2) is 0 Å². The van der Waals surface area contributed by atoms with E-state index in [-0.39, 0.29) is 42.0 Å². The molecule has 0 radical (unpaired) electrons. The van der Waals surface area contributed by atoms with E-state index in [1.807, 2.05) is 37.4 Å². The van der Waals surface area contributed by atoms with Crippen LogP contribution in [0.2, 0.25) is 0 Å². The van der Waals surface area contributed by atoms with Crippen molar-refractivity contribution in [2.24, 2.45) is 22.7 Å². The normalized spacial score (nSPS) is 37.7. The second-order valence-electron chi connectivity index (χ2n) is 9.43. The molecule has 1 amide bonds. The molecule has 0 unspecified atom stereocenters. The third-order valence-corrected chi connectivity index (χ3v) is 8.61. The molecular formula is C23H31NO5S. The molecule has 0 spiro atoms. The van der Waals surface area contributed by atoms with Gasteiger partial charge < -0.3 is 14.6 Å². The van der Waals surface area contributed by atoms with Gasteiger partial charge in [0, 0.05) is 21.9 Å². The van der Waals surface area contributed by atoms with Gasteiger partial charge in [0.2, 0.25) is 0 Å². The summed E-state index contributed by atoms with van der Waals surface area (Å²) in [6.45, 7) is 4.20. The number of rotatable bonds is 4. The molecule has 2 saturated carbocycles. The molecule has 1 saturated heterocycles. The van der Waals surface area contributed by atoms with Crippen molar-refractivity contribution in [2.75, 3.05) is 18.2 Å². The highest BCUT2D eigenvalue weighted by Crippen LogP contribution is 2.62. The Balaban J connectivity index is 1.50. The topological polar surface area (TPSA) is 84.9 Å². The predicted molar refractivity (Wildman–Crippen MR) is 115 cm³/mol. The number of aliphatic hydroxyl groups excluding tert-OH is 1. The number of anilines is 1. The van der Waals surface area contributed by atoms with Crippen molar-refractivity contribution in [1.29, 1.82) is 0 Å². The minimum absolute atomic E-state index is 0.00817. The lowest BCUT2D eigenvalue weighted by atomic mass is 9.46. The fourth-order valence-corrected chi connectivity index (χ4v) is 6.73. The van der Waals surface area contributed by atoms with Crippen LogP contribution in [0.1, 0.15) is 46.0 Å². The number of hydrogen-bond acceptors (Lipinski definition) is 6. The number of benzene rings is 1. The van der Waals surface area contributed by atoms with Crippen LogP contribution in [0.3, 0.4) is 0 Å². The molecular weight excluding hydrogens is 402 g/mol. The molecule has 3 fully saturated rings. The van der Waals surface area contributed by atoms with E-state index in [4.69, 9.17) is 9.47 Å². The fourth-order valence-electron chi connectivity index (χ4n) is 6.27. The molecule has 0 aromatic heterocycles. The van der Waals surface area contributed by atoms with Gasteiger partial charge in [-0.15, -0.1) is 11.8 Å². The van der Waals surface area contributed by atoms with Crippen LogP contribution in [0, 0.1) is 22.7 Å². The van der Waals surface area contributed by atoms with Gasteiger partial charge in [-0.25, -0.2) is 4.79 Å². The minimum atomic E-state index is -0.554. The second-order valence-corrected chi connectivity index (χ2v) is 10.3. The number of thioether (sulfide) groups is 1. The smallest absolute Gasteiger partial charge is 0.411 e. The van der Waals surface area contributed by atoms with Crippen LogP contribution in [0.4, 0.5) is 10.5 Å². The molecule has 1 aromatic carbocycles. The summed E-state index contributed by atoms with van der Waals surface area (Å²) in [7, 11) is 0. The molecule has 30 heavy (non-hydrogen) atoms. The number of carbonyl (C=O) groups excluding carboxylic acids is 2. The lowest BCUT2D eigenvalue weighted by Crippen LogP contribution is -2.59. The zero-order valence-electron chi connectivity index (χ0n) is 17.8. The number of ether oxygens (including phenoxy) is 2. The first-order valence-corrected chi connectivity index (χ1v) is 11.9. The van der Waals surface area contributed by atoms with Crippen molar-refractivity contribution in [2.45, 2.75) is 63.1 Å². The Hall–Kier alpha value is -1.73.